The number of nitrogens with one attached hydrogen (secondary N) is 1. The van der Waals surface area contributed by atoms with Gasteiger partial charge in [0.25, 0.3) is 0 Å². The molecule has 6 aliphatic rings. The van der Waals surface area contributed by atoms with Crippen molar-refractivity contribution in [1.29, 1.82) is 0 Å². The predicted octanol–water partition coefficient (Wildman–Crippen LogP) is 2.85. The number of likely N-dealkylation sites (N-methyl/N-ethyl adjacent to an activating group) is 3. The molecule has 0 bridgehead atoms. The number of aromatic nitrogens is 3. The van der Waals surface area contributed by atoms with Crippen LogP contribution in [0.5, 0.6) is 0 Å². The van der Waals surface area contributed by atoms with Gasteiger partial charge in [0.15, 0.2) is 12.4 Å². The first-order chi connectivity index (χ1) is 29.4. The maximum atomic E-state index is 10.6. The number of anilines is 3. The van der Waals surface area contributed by atoms with Crippen LogP contribution in [0.25, 0.3) is 0 Å². The van der Waals surface area contributed by atoms with Gasteiger partial charge in [-0.1, -0.05) is 0 Å². The Hall–Kier alpha value is -4.15. The Balaban J connectivity index is 0.000000144. The van der Waals surface area contributed by atoms with E-state index in [2.05, 4.69) is 74.8 Å². The smallest absolute Gasteiger partial charge is 0.363 e. The van der Waals surface area contributed by atoms with Crippen molar-refractivity contribution in [1.82, 2.24) is 35.0 Å². The van der Waals surface area contributed by atoms with Crippen LogP contribution in [0.15, 0.2) is 59.5 Å². The summed E-state index contributed by atoms with van der Waals surface area (Å²) in [6.07, 6.45) is 11.5. The highest BCUT2D eigenvalue weighted by Crippen LogP contribution is 2.37. The molecule has 62 heavy (non-hydrogen) atoms. The lowest BCUT2D eigenvalue weighted by Gasteiger charge is -2.52. The summed E-state index contributed by atoms with van der Waals surface area (Å²) in [5.74, 6) is 1.38. The fourth-order valence-electron chi connectivity index (χ4n) is 9.78. The molecule has 6 N–H and O–H groups in total. The number of β-amino-alcohol motifs (C(OH)–C–C–N with tert-alkyl or cyclic N) is 3. The minimum Gasteiger partial charge on any atom is -0.387 e. The number of hydrogen-bond donors (Lipinski definition) is 5. The first kappa shape index (κ1) is 47.3. The van der Waals surface area contributed by atoms with Crippen LogP contribution >= 0.6 is 15.9 Å². The van der Waals surface area contributed by atoms with Crippen molar-refractivity contribution in [3.63, 3.8) is 0 Å². The molecule has 0 radical (unpaired) electrons. The topological polar surface area (TPSA) is 240 Å². The highest BCUT2D eigenvalue weighted by Gasteiger charge is 2.48. The van der Waals surface area contributed by atoms with Crippen molar-refractivity contribution in [2.24, 2.45) is 17.8 Å². The Labute approximate surface area is 371 Å². The van der Waals surface area contributed by atoms with Gasteiger partial charge in [0.2, 0.25) is 0 Å². The van der Waals surface area contributed by atoms with Crippen LogP contribution in [0.3, 0.4) is 0 Å². The highest BCUT2D eigenvalue weighted by atomic mass is 79.9. The SMILES string of the molecule is CN1CC(O)(C2CCCN(c3ccc(N)nc3)C2)C1.CN1CC(O)(C2CCCN(c3ccc([N+](=O)[O-])nc3)C2)C1.CN1CC(O)(C2CCCNC2)C1.O=[N+]([O-])c1ccc(Br)cn1. The molecule has 3 aromatic rings. The maximum Gasteiger partial charge on any atom is 0.363 e. The lowest BCUT2D eigenvalue weighted by molar-refractivity contribution is -0.389. The Kier molecular flexibility index (Phi) is 15.7. The molecule has 6 aliphatic heterocycles. The third-order valence-electron chi connectivity index (χ3n) is 13.0. The molecule has 6 saturated heterocycles. The van der Waals surface area contributed by atoms with E-state index in [1.54, 1.807) is 18.3 Å². The first-order valence-electron chi connectivity index (χ1n) is 21.5. The van der Waals surface area contributed by atoms with Crippen molar-refractivity contribution >= 4 is 44.8 Å². The minimum atomic E-state index is -0.582. The molecule has 6 fully saturated rings. The third-order valence-corrected chi connectivity index (χ3v) is 13.5. The molecule has 3 aromatic heterocycles. The average Bonchev–Trinajstić information content (AvgIpc) is 3.24. The van der Waals surface area contributed by atoms with Gasteiger partial charge >= 0.3 is 11.6 Å². The monoisotopic (exact) mass is 926 g/mol. The van der Waals surface area contributed by atoms with E-state index in [1.165, 1.54) is 31.2 Å². The average molecular weight is 928 g/mol. The standard InChI is InChI=1S/C14H20N4O3.C14H22N4O.C9H18N2O.C5H3BrN2O2/c1-16-9-14(19,10-16)11-3-2-6-17(8-11)12-4-5-13(15-7-12)18(20)21;1-17-9-14(19,10-17)11-3-2-6-18(8-11)12-4-5-13(15)16-7-12;1-11-6-9(12,7-11)8-3-2-4-10-5-8;6-4-1-2-5(7-3-4)8(9)10/h4-5,7,11,19H,2-3,6,8-10H2,1H3;4-5,7,11,19H,2-3,6,8-10H2,1H3,(H2,15,16);8,10,12H,2-7H2,1H3;1-3H. The van der Waals surface area contributed by atoms with Gasteiger partial charge in [0, 0.05) is 102 Å². The van der Waals surface area contributed by atoms with Gasteiger partial charge in [-0.15, -0.1) is 0 Å². The van der Waals surface area contributed by atoms with E-state index in [0.29, 0.717) is 17.7 Å². The van der Waals surface area contributed by atoms with Crippen LogP contribution in [-0.2, 0) is 0 Å². The number of hydrogen-bond acceptors (Lipinski definition) is 17. The summed E-state index contributed by atoms with van der Waals surface area (Å²) in [6, 6.07) is 9.94. The van der Waals surface area contributed by atoms with Gasteiger partial charge in [-0.05, 0) is 126 Å². The molecule has 20 heteroatoms. The number of pyridine rings is 3. The number of halogens is 1. The maximum absolute atomic E-state index is 10.6. The van der Waals surface area contributed by atoms with Crippen LogP contribution in [0.1, 0.15) is 38.5 Å². The van der Waals surface area contributed by atoms with Gasteiger partial charge < -0.3 is 71.1 Å². The van der Waals surface area contributed by atoms with E-state index in [4.69, 9.17) is 5.73 Å². The van der Waals surface area contributed by atoms with Crippen LogP contribution in [0.2, 0.25) is 0 Å². The summed E-state index contributed by atoms with van der Waals surface area (Å²) in [5, 5.41) is 55.4. The van der Waals surface area contributed by atoms with Crippen LogP contribution in [0.4, 0.5) is 28.8 Å². The lowest BCUT2D eigenvalue weighted by atomic mass is 9.76. The molecular formula is C42H63BrN12O7. The first-order valence-corrected chi connectivity index (χ1v) is 22.3. The molecule has 0 spiro atoms. The van der Waals surface area contributed by atoms with Crippen LogP contribution in [-0.4, -0.2) is 171 Å². The van der Waals surface area contributed by atoms with Crippen molar-refractivity contribution in [3.05, 3.63) is 79.7 Å². The number of nitrogens with two attached hydrogens (primary N) is 1. The molecule has 19 nitrogen and oxygen atoms in total. The molecule has 0 amide bonds. The zero-order valence-corrected chi connectivity index (χ0v) is 37.6. The third kappa shape index (κ3) is 12.1. The highest BCUT2D eigenvalue weighted by molar-refractivity contribution is 9.10. The second-order valence-electron chi connectivity index (χ2n) is 18.1. The number of piperidine rings is 3. The number of rotatable bonds is 7. The van der Waals surface area contributed by atoms with E-state index < -0.39 is 21.0 Å². The largest absolute Gasteiger partial charge is 0.387 e. The van der Waals surface area contributed by atoms with Gasteiger partial charge in [-0.2, -0.15) is 0 Å². The van der Waals surface area contributed by atoms with Crippen molar-refractivity contribution in [2.45, 2.75) is 55.3 Å². The van der Waals surface area contributed by atoms with E-state index in [0.717, 1.165) is 120 Å². The summed E-state index contributed by atoms with van der Waals surface area (Å²) in [6.45, 7) is 10.5. The van der Waals surface area contributed by atoms with Crippen molar-refractivity contribution in [3.8, 4) is 0 Å². The molecule has 9 heterocycles. The zero-order chi connectivity index (χ0) is 44.7. The number of nitro groups is 2. The molecule has 0 aromatic carbocycles. The lowest BCUT2D eigenvalue weighted by Crippen LogP contribution is -2.66. The number of nitrogens with zero attached hydrogens (tertiary/aromatic N) is 10. The van der Waals surface area contributed by atoms with Gasteiger partial charge in [-0.25, -0.2) is 4.98 Å². The second-order valence-corrected chi connectivity index (χ2v) is 19.0. The Morgan fingerprint density at radius 2 is 1.10 bits per heavy atom. The van der Waals surface area contributed by atoms with Gasteiger partial charge in [0.05, 0.1) is 38.8 Å². The molecule has 0 saturated carbocycles. The van der Waals surface area contributed by atoms with E-state index >= 15 is 0 Å². The van der Waals surface area contributed by atoms with Gasteiger partial charge in [-0.3, -0.25) is 0 Å². The fraction of sp³-hybridized carbons (Fsp3) is 0.643. The molecule has 0 aliphatic carbocycles. The van der Waals surface area contributed by atoms with Crippen molar-refractivity contribution < 1.29 is 25.2 Å². The predicted molar refractivity (Wildman–Crippen MR) is 241 cm³/mol. The molecule has 3 atom stereocenters. The van der Waals surface area contributed by atoms with Crippen molar-refractivity contribution in [2.75, 3.05) is 115 Å². The second kappa shape index (κ2) is 20.6. The molecule has 340 valence electrons. The van der Waals surface area contributed by atoms with E-state index in [9.17, 15) is 35.5 Å². The summed E-state index contributed by atoms with van der Waals surface area (Å²) >= 11 is 3.11. The van der Waals surface area contributed by atoms with Crippen LogP contribution < -0.4 is 20.9 Å². The zero-order valence-electron chi connectivity index (χ0n) is 36.1. The molecule has 3 unspecified atom stereocenters. The number of likely N-dealkylation sites (tertiary alicyclic amines) is 3. The summed E-state index contributed by atoms with van der Waals surface area (Å²) in [5.41, 5.74) is 6.17. The number of nitrogen functional groups attached to an aromatic ring is 1. The van der Waals surface area contributed by atoms with Crippen LogP contribution in [0, 0.1) is 38.0 Å². The summed E-state index contributed by atoms with van der Waals surface area (Å²) in [7, 11) is 6.12. The molecule has 9 rings (SSSR count). The normalized spacial score (nSPS) is 25.4. The Morgan fingerprint density at radius 1 is 0.661 bits per heavy atom. The van der Waals surface area contributed by atoms with E-state index in [-0.39, 0.29) is 23.2 Å². The fourth-order valence-corrected chi connectivity index (χ4v) is 10.0. The molecular weight excluding hydrogens is 864 g/mol. The van der Waals surface area contributed by atoms with Gasteiger partial charge in [0.1, 0.15) is 5.82 Å². The summed E-state index contributed by atoms with van der Waals surface area (Å²) < 4.78 is 0.734. The Morgan fingerprint density at radius 3 is 1.47 bits per heavy atom. The minimum absolute atomic E-state index is 0.133. The quantitative estimate of drug-likeness (QED) is 0.169. The Bertz CT molecular complexity index is 1910. The number of aliphatic hydroxyl groups is 3. The van der Waals surface area contributed by atoms with E-state index in [1.807, 2.05) is 25.4 Å². The summed E-state index contributed by atoms with van der Waals surface area (Å²) in [4.78, 5) is 42.2.